The molecule has 0 unspecified atom stereocenters. The van der Waals surface area contributed by atoms with Crippen molar-refractivity contribution in [1.82, 2.24) is 15.0 Å². The number of aromatic amines is 1. The van der Waals surface area contributed by atoms with Gasteiger partial charge in [-0.15, -0.1) is 0 Å². The van der Waals surface area contributed by atoms with Crippen molar-refractivity contribution in [2.75, 3.05) is 0 Å². The molecule has 0 aliphatic heterocycles. The Kier molecular flexibility index (Phi) is 2.79. The molecule has 0 aliphatic rings. The Morgan fingerprint density at radius 3 is 2.84 bits per heavy atom. The molecular weight excluding hydrogens is 310 g/mol. The summed E-state index contributed by atoms with van der Waals surface area (Å²) in [4.78, 5) is 22.5. The first-order valence-electron chi connectivity index (χ1n) is 5.47. The highest BCUT2D eigenvalue weighted by atomic mass is 79.9. The number of nitrogens with zero attached hydrogens (tertiary/aromatic N) is 2. The van der Waals surface area contributed by atoms with E-state index < -0.39 is 5.97 Å². The summed E-state index contributed by atoms with van der Waals surface area (Å²) in [5.41, 5.74) is 2.48. The van der Waals surface area contributed by atoms with Gasteiger partial charge in [-0.25, -0.2) is 9.78 Å². The molecule has 0 fully saturated rings. The summed E-state index contributed by atoms with van der Waals surface area (Å²) in [5, 5.41) is 8.95. The Bertz CT molecular complexity index is 782. The molecule has 0 bridgehead atoms. The number of fused-ring (bicyclic) bond motifs is 1. The highest BCUT2D eigenvalue weighted by Gasteiger charge is 2.09. The van der Waals surface area contributed by atoms with Crippen molar-refractivity contribution in [3.63, 3.8) is 0 Å². The fourth-order valence-corrected chi connectivity index (χ4v) is 2.19. The molecule has 0 radical (unpaired) electrons. The second-order valence-corrected chi connectivity index (χ2v) is 4.93. The zero-order valence-corrected chi connectivity index (χ0v) is 11.2. The van der Waals surface area contributed by atoms with Crippen LogP contribution in [0.2, 0.25) is 0 Å². The molecule has 0 saturated heterocycles. The first kappa shape index (κ1) is 11.9. The molecule has 94 valence electrons. The maximum atomic E-state index is 10.9. The van der Waals surface area contributed by atoms with Crippen molar-refractivity contribution in [3.05, 3.63) is 46.7 Å². The van der Waals surface area contributed by atoms with E-state index in [9.17, 15) is 4.79 Å². The fourth-order valence-electron chi connectivity index (χ4n) is 1.82. The molecule has 5 nitrogen and oxygen atoms in total. The topological polar surface area (TPSA) is 78.9 Å². The fraction of sp³-hybridized carbons (Fsp3) is 0. The number of hydrogen-bond donors (Lipinski definition) is 2. The number of rotatable bonds is 2. The molecular formula is C13H8BrN3O2. The lowest BCUT2D eigenvalue weighted by atomic mass is 10.2. The molecule has 0 saturated carbocycles. The summed E-state index contributed by atoms with van der Waals surface area (Å²) in [5.74, 6) is -0.298. The van der Waals surface area contributed by atoms with Gasteiger partial charge in [-0.1, -0.05) is 0 Å². The Morgan fingerprint density at radius 2 is 2.11 bits per heavy atom. The van der Waals surface area contributed by atoms with Crippen LogP contribution in [0, 0.1) is 0 Å². The number of H-pyrrole nitrogens is 1. The van der Waals surface area contributed by atoms with Crippen LogP contribution in [-0.2, 0) is 0 Å². The number of hydrogen-bond acceptors (Lipinski definition) is 3. The number of aromatic carboxylic acids is 1. The Hall–Kier alpha value is -2.21. The largest absolute Gasteiger partial charge is 0.478 e. The van der Waals surface area contributed by atoms with Gasteiger partial charge in [0, 0.05) is 22.4 Å². The molecule has 6 heteroatoms. The summed E-state index contributed by atoms with van der Waals surface area (Å²) in [6, 6.07) is 6.68. The SMILES string of the molecule is O=C(O)c1ccc2nc(-c3cncc(Br)c3)[nH]c2c1. The number of carbonyl (C=O) groups is 1. The second-order valence-electron chi connectivity index (χ2n) is 4.01. The van der Waals surface area contributed by atoms with Crippen molar-refractivity contribution in [3.8, 4) is 11.4 Å². The van der Waals surface area contributed by atoms with Crippen molar-refractivity contribution in [1.29, 1.82) is 0 Å². The molecule has 2 heterocycles. The molecule has 2 N–H and O–H groups in total. The summed E-state index contributed by atoms with van der Waals surface area (Å²) < 4.78 is 0.858. The van der Waals surface area contributed by atoms with Crippen LogP contribution in [0.1, 0.15) is 10.4 Å². The van der Waals surface area contributed by atoms with Crippen molar-refractivity contribution in [2.45, 2.75) is 0 Å². The maximum absolute atomic E-state index is 10.9. The van der Waals surface area contributed by atoms with Crippen molar-refractivity contribution >= 4 is 32.9 Å². The number of nitrogens with one attached hydrogen (secondary N) is 1. The van der Waals surface area contributed by atoms with Crippen LogP contribution in [-0.4, -0.2) is 26.0 Å². The number of carboxylic acid groups (broad SMARTS) is 1. The molecule has 19 heavy (non-hydrogen) atoms. The number of halogens is 1. The average molecular weight is 318 g/mol. The number of carboxylic acids is 1. The van der Waals surface area contributed by atoms with E-state index in [0.29, 0.717) is 11.3 Å². The van der Waals surface area contributed by atoms with E-state index in [4.69, 9.17) is 5.11 Å². The van der Waals surface area contributed by atoms with Gasteiger partial charge in [-0.3, -0.25) is 4.98 Å². The van der Waals surface area contributed by atoms with Gasteiger partial charge in [0.15, 0.2) is 0 Å². The number of imidazole rings is 1. The van der Waals surface area contributed by atoms with Crippen LogP contribution in [0.25, 0.3) is 22.4 Å². The predicted molar refractivity (Wildman–Crippen MR) is 74.0 cm³/mol. The molecule has 0 spiro atoms. The quantitative estimate of drug-likeness (QED) is 0.761. The molecule has 3 rings (SSSR count). The summed E-state index contributed by atoms with van der Waals surface area (Å²) in [6.07, 6.45) is 3.38. The molecule has 1 aromatic carbocycles. The minimum Gasteiger partial charge on any atom is -0.478 e. The summed E-state index contributed by atoms with van der Waals surface area (Å²) >= 11 is 3.35. The minimum absolute atomic E-state index is 0.232. The van der Waals surface area contributed by atoms with E-state index in [1.807, 2.05) is 6.07 Å². The average Bonchev–Trinajstić information content (AvgIpc) is 2.81. The Labute approximate surface area is 116 Å². The maximum Gasteiger partial charge on any atom is 0.335 e. The molecule has 0 amide bonds. The third-order valence-electron chi connectivity index (χ3n) is 2.71. The van der Waals surface area contributed by atoms with Gasteiger partial charge in [0.2, 0.25) is 0 Å². The van der Waals surface area contributed by atoms with Crippen molar-refractivity contribution in [2.24, 2.45) is 0 Å². The van der Waals surface area contributed by atoms with Crippen molar-refractivity contribution < 1.29 is 9.90 Å². The second kappa shape index (κ2) is 4.47. The van der Waals surface area contributed by atoms with Gasteiger partial charge in [-0.2, -0.15) is 0 Å². The van der Waals surface area contributed by atoms with E-state index in [0.717, 1.165) is 15.6 Å². The first-order chi connectivity index (χ1) is 9.13. The van der Waals surface area contributed by atoms with Gasteiger partial charge in [0.25, 0.3) is 0 Å². The first-order valence-corrected chi connectivity index (χ1v) is 6.27. The molecule has 0 aliphatic carbocycles. The van der Waals surface area contributed by atoms with E-state index >= 15 is 0 Å². The smallest absolute Gasteiger partial charge is 0.335 e. The summed E-state index contributed by atoms with van der Waals surface area (Å²) in [7, 11) is 0. The van der Waals surface area contributed by atoms with Gasteiger partial charge < -0.3 is 10.1 Å². The van der Waals surface area contributed by atoms with Gasteiger partial charge in [0.05, 0.1) is 16.6 Å². The summed E-state index contributed by atoms with van der Waals surface area (Å²) in [6.45, 7) is 0. The Morgan fingerprint density at radius 1 is 1.26 bits per heavy atom. The van der Waals surface area contributed by atoms with Crippen LogP contribution in [0.5, 0.6) is 0 Å². The van der Waals surface area contributed by atoms with Crippen LogP contribution in [0.15, 0.2) is 41.1 Å². The van der Waals surface area contributed by atoms with Gasteiger partial charge in [0.1, 0.15) is 5.82 Å². The predicted octanol–water partition coefficient (Wildman–Crippen LogP) is 3.09. The van der Waals surface area contributed by atoms with E-state index in [1.54, 1.807) is 24.5 Å². The van der Waals surface area contributed by atoms with Crippen LogP contribution in [0.3, 0.4) is 0 Å². The number of benzene rings is 1. The zero-order chi connectivity index (χ0) is 13.4. The molecule has 2 aromatic heterocycles. The lowest BCUT2D eigenvalue weighted by Crippen LogP contribution is -1.94. The van der Waals surface area contributed by atoms with Gasteiger partial charge in [-0.05, 0) is 40.2 Å². The highest BCUT2D eigenvalue weighted by molar-refractivity contribution is 9.10. The zero-order valence-electron chi connectivity index (χ0n) is 9.59. The van der Waals surface area contributed by atoms with Crippen LogP contribution in [0.4, 0.5) is 0 Å². The van der Waals surface area contributed by atoms with E-state index in [1.165, 1.54) is 6.07 Å². The van der Waals surface area contributed by atoms with E-state index in [2.05, 4.69) is 30.9 Å². The van der Waals surface area contributed by atoms with Crippen LogP contribution < -0.4 is 0 Å². The number of pyridine rings is 1. The lowest BCUT2D eigenvalue weighted by Gasteiger charge is -1.95. The molecule has 0 atom stereocenters. The number of aromatic nitrogens is 3. The Balaban J connectivity index is 2.14. The van der Waals surface area contributed by atoms with Crippen LogP contribution >= 0.6 is 15.9 Å². The minimum atomic E-state index is -0.956. The third kappa shape index (κ3) is 2.22. The van der Waals surface area contributed by atoms with E-state index in [-0.39, 0.29) is 5.56 Å². The van der Waals surface area contributed by atoms with Gasteiger partial charge >= 0.3 is 5.97 Å². The molecule has 3 aromatic rings. The monoisotopic (exact) mass is 317 g/mol. The highest BCUT2D eigenvalue weighted by Crippen LogP contribution is 2.22. The lowest BCUT2D eigenvalue weighted by molar-refractivity contribution is 0.0697. The standard InChI is InChI=1S/C13H8BrN3O2/c14-9-3-8(5-15-6-9)12-16-10-2-1-7(13(18)19)4-11(10)17-12/h1-6H,(H,16,17)(H,18,19). The normalized spacial score (nSPS) is 10.8. The third-order valence-corrected chi connectivity index (χ3v) is 3.14.